The number of ether oxygens (including phenoxy) is 1. The first kappa shape index (κ1) is 14.9. The fraction of sp³-hybridized carbons (Fsp3) is 0.562. The highest BCUT2D eigenvalue weighted by molar-refractivity contribution is 5.92. The molecule has 0 bridgehead atoms. The first-order valence-corrected chi connectivity index (χ1v) is 7.43. The van der Waals surface area contributed by atoms with E-state index in [1.807, 2.05) is 18.2 Å². The number of rotatable bonds is 5. The Hall–Kier alpha value is -1.55. The molecule has 1 fully saturated rings. The third-order valence-corrected chi connectivity index (χ3v) is 3.65. The van der Waals surface area contributed by atoms with Crippen LogP contribution in [-0.2, 0) is 9.53 Å². The Kier molecular flexibility index (Phi) is 5.87. The largest absolute Gasteiger partial charge is 0.382 e. The monoisotopic (exact) mass is 276 g/mol. The topological polar surface area (TPSA) is 50.4 Å². The van der Waals surface area contributed by atoms with Crippen molar-refractivity contribution in [1.29, 1.82) is 0 Å². The van der Waals surface area contributed by atoms with Crippen molar-refractivity contribution in [2.45, 2.75) is 44.6 Å². The molecule has 1 aromatic carbocycles. The SMILES string of the molecule is COCC(=O)Nc1cccc(NC2CCCCCC2)c1. The van der Waals surface area contributed by atoms with Crippen molar-refractivity contribution in [3.05, 3.63) is 24.3 Å². The fourth-order valence-corrected chi connectivity index (χ4v) is 2.67. The summed E-state index contributed by atoms with van der Waals surface area (Å²) in [6.07, 6.45) is 7.79. The number of hydrogen-bond acceptors (Lipinski definition) is 3. The van der Waals surface area contributed by atoms with Gasteiger partial charge >= 0.3 is 0 Å². The summed E-state index contributed by atoms with van der Waals surface area (Å²) < 4.78 is 4.81. The fourth-order valence-electron chi connectivity index (χ4n) is 2.67. The molecule has 1 saturated carbocycles. The number of carbonyl (C=O) groups is 1. The van der Waals surface area contributed by atoms with E-state index in [2.05, 4.69) is 16.7 Å². The molecule has 0 spiro atoms. The lowest BCUT2D eigenvalue weighted by molar-refractivity contribution is -0.119. The molecule has 110 valence electrons. The summed E-state index contributed by atoms with van der Waals surface area (Å²) in [7, 11) is 1.52. The van der Waals surface area contributed by atoms with Crippen molar-refractivity contribution in [2.24, 2.45) is 0 Å². The summed E-state index contributed by atoms with van der Waals surface area (Å²) >= 11 is 0. The molecular formula is C16H24N2O2. The first-order chi connectivity index (χ1) is 9.78. The van der Waals surface area contributed by atoms with E-state index < -0.39 is 0 Å². The highest BCUT2D eigenvalue weighted by atomic mass is 16.5. The lowest BCUT2D eigenvalue weighted by Gasteiger charge is -2.18. The molecule has 0 atom stereocenters. The molecule has 4 nitrogen and oxygen atoms in total. The van der Waals surface area contributed by atoms with Gasteiger partial charge in [0.05, 0.1) is 0 Å². The van der Waals surface area contributed by atoms with Gasteiger partial charge in [-0.3, -0.25) is 4.79 Å². The maximum atomic E-state index is 11.5. The van der Waals surface area contributed by atoms with Crippen LogP contribution >= 0.6 is 0 Å². The Bertz CT molecular complexity index is 426. The second-order valence-electron chi connectivity index (χ2n) is 5.39. The van der Waals surface area contributed by atoms with Gasteiger partial charge in [0.15, 0.2) is 0 Å². The number of methoxy groups -OCH3 is 1. The van der Waals surface area contributed by atoms with Crippen LogP contribution in [0.4, 0.5) is 11.4 Å². The van der Waals surface area contributed by atoms with E-state index in [0.717, 1.165) is 11.4 Å². The van der Waals surface area contributed by atoms with Gasteiger partial charge in [0, 0.05) is 24.5 Å². The van der Waals surface area contributed by atoms with Crippen molar-refractivity contribution in [2.75, 3.05) is 24.4 Å². The van der Waals surface area contributed by atoms with Crippen LogP contribution in [0.15, 0.2) is 24.3 Å². The molecule has 4 heteroatoms. The average molecular weight is 276 g/mol. The van der Waals surface area contributed by atoms with Crippen LogP contribution in [-0.4, -0.2) is 25.7 Å². The molecule has 0 radical (unpaired) electrons. The Balaban J connectivity index is 1.92. The zero-order valence-corrected chi connectivity index (χ0v) is 12.2. The van der Waals surface area contributed by atoms with Crippen LogP contribution in [0.25, 0.3) is 0 Å². The van der Waals surface area contributed by atoms with Crippen LogP contribution in [0.5, 0.6) is 0 Å². The van der Waals surface area contributed by atoms with E-state index in [-0.39, 0.29) is 12.5 Å². The second kappa shape index (κ2) is 7.90. The highest BCUT2D eigenvalue weighted by Crippen LogP contribution is 2.22. The van der Waals surface area contributed by atoms with Crippen LogP contribution in [0.1, 0.15) is 38.5 Å². The Morgan fingerprint density at radius 1 is 1.20 bits per heavy atom. The van der Waals surface area contributed by atoms with Gasteiger partial charge < -0.3 is 15.4 Å². The molecule has 0 aliphatic heterocycles. The van der Waals surface area contributed by atoms with Crippen molar-refractivity contribution in [3.63, 3.8) is 0 Å². The minimum atomic E-state index is -0.126. The summed E-state index contributed by atoms with van der Waals surface area (Å²) in [4.78, 5) is 11.5. The summed E-state index contributed by atoms with van der Waals surface area (Å²) in [6, 6.07) is 8.45. The van der Waals surface area contributed by atoms with Gasteiger partial charge in [-0.05, 0) is 31.0 Å². The number of nitrogens with one attached hydrogen (secondary N) is 2. The number of carbonyl (C=O) groups excluding carboxylic acids is 1. The Morgan fingerprint density at radius 3 is 2.60 bits per heavy atom. The zero-order chi connectivity index (χ0) is 14.2. The number of anilines is 2. The van der Waals surface area contributed by atoms with E-state index in [1.165, 1.54) is 45.6 Å². The predicted octanol–water partition coefficient (Wildman–Crippen LogP) is 3.41. The Morgan fingerprint density at radius 2 is 1.90 bits per heavy atom. The predicted molar refractivity (Wildman–Crippen MR) is 82.1 cm³/mol. The van der Waals surface area contributed by atoms with E-state index in [9.17, 15) is 4.79 Å². The van der Waals surface area contributed by atoms with Gasteiger partial charge in [0.1, 0.15) is 6.61 Å². The molecule has 1 amide bonds. The van der Waals surface area contributed by atoms with Gasteiger partial charge in [-0.2, -0.15) is 0 Å². The molecule has 0 unspecified atom stereocenters. The number of amides is 1. The van der Waals surface area contributed by atoms with Crippen molar-refractivity contribution < 1.29 is 9.53 Å². The van der Waals surface area contributed by atoms with E-state index in [1.54, 1.807) is 0 Å². The molecule has 0 heterocycles. The molecule has 2 N–H and O–H groups in total. The van der Waals surface area contributed by atoms with Crippen LogP contribution < -0.4 is 10.6 Å². The van der Waals surface area contributed by atoms with Gasteiger partial charge in [-0.25, -0.2) is 0 Å². The zero-order valence-electron chi connectivity index (χ0n) is 12.2. The Labute approximate surface area is 120 Å². The van der Waals surface area contributed by atoms with Gasteiger partial charge in [0.25, 0.3) is 0 Å². The van der Waals surface area contributed by atoms with Crippen LogP contribution in [0, 0.1) is 0 Å². The smallest absolute Gasteiger partial charge is 0.250 e. The maximum Gasteiger partial charge on any atom is 0.250 e. The van der Waals surface area contributed by atoms with Gasteiger partial charge in [0.2, 0.25) is 5.91 Å². The minimum absolute atomic E-state index is 0.0836. The van der Waals surface area contributed by atoms with Crippen molar-refractivity contribution in [3.8, 4) is 0 Å². The van der Waals surface area contributed by atoms with Crippen molar-refractivity contribution in [1.82, 2.24) is 0 Å². The number of benzene rings is 1. The summed E-state index contributed by atoms with van der Waals surface area (Å²) in [5.41, 5.74) is 1.89. The highest BCUT2D eigenvalue weighted by Gasteiger charge is 2.12. The molecule has 20 heavy (non-hydrogen) atoms. The summed E-state index contributed by atoms with van der Waals surface area (Å²) in [5.74, 6) is -0.126. The molecule has 1 aliphatic carbocycles. The normalized spacial score (nSPS) is 16.4. The third kappa shape index (κ3) is 4.85. The average Bonchev–Trinajstić information content (AvgIpc) is 2.68. The van der Waals surface area contributed by atoms with Crippen molar-refractivity contribution >= 4 is 17.3 Å². The number of hydrogen-bond donors (Lipinski definition) is 2. The second-order valence-corrected chi connectivity index (χ2v) is 5.39. The lowest BCUT2D eigenvalue weighted by Crippen LogP contribution is -2.19. The third-order valence-electron chi connectivity index (χ3n) is 3.65. The van der Waals surface area contributed by atoms with E-state index >= 15 is 0 Å². The summed E-state index contributed by atoms with van der Waals surface area (Å²) in [6.45, 7) is 0.0836. The van der Waals surface area contributed by atoms with Gasteiger partial charge in [-0.1, -0.05) is 31.7 Å². The maximum absolute atomic E-state index is 11.5. The van der Waals surface area contributed by atoms with E-state index in [0.29, 0.717) is 6.04 Å². The molecule has 0 saturated heterocycles. The molecular weight excluding hydrogens is 252 g/mol. The van der Waals surface area contributed by atoms with Crippen LogP contribution in [0.2, 0.25) is 0 Å². The molecule has 1 aliphatic rings. The van der Waals surface area contributed by atoms with Gasteiger partial charge in [-0.15, -0.1) is 0 Å². The molecule has 2 rings (SSSR count). The van der Waals surface area contributed by atoms with Crippen LogP contribution in [0.3, 0.4) is 0 Å². The standard InChI is InChI=1S/C16H24N2O2/c1-20-12-16(19)18-15-10-6-9-14(11-15)17-13-7-4-2-3-5-8-13/h6,9-11,13,17H,2-5,7-8,12H2,1H3,(H,18,19). The minimum Gasteiger partial charge on any atom is -0.382 e. The quantitative estimate of drug-likeness (QED) is 0.810. The lowest BCUT2D eigenvalue weighted by atomic mass is 10.1. The molecule has 0 aromatic heterocycles. The van der Waals surface area contributed by atoms with E-state index in [4.69, 9.17) is 4.74 Å². The summed E-state index contributed by atoms with van der Waals surface area (Å²) in [5, 5.41) is 6.41. The molecule has 1 aromatic rings. The first-order valence-electron chi connectivity index (χ1n) is 7.43.